The zero-order valence-corrected chi connectivity index (χ0v) is 17.0. The van der Waals surface area contributed by atoms with Crippen LogP contribution < -0.4 is 10.5 Å². The van der Waals surface area contributed by atoms with Crippen molar-refractivity contribution in [3.05, 3.63) is 100 Å². The van der Waals surface area contributed by atoms with Crippen LogP contribution in [0, 0.1) is 0 Å². The summed E-state index contributed by atoms with van der Waals surface area (Å²) in [5.41, 5.74) is 17.6. The Morgan fingerprint density at radius 2 is 1.72 bits per heavy atom. The standard InChI is InChI=1S/C24H22N2O2S/c1-29(27,28)26-19-8-4-6-17(16-19)12-14-22-20-9-3-2-7-18(20)13-15-23-21(22)10-5-11-24(23)25/h2-12,16,26H,13,15,25H2,1H3. The summed E-state index contributed by atoms with van der Waals surface area (Å²) in [6, 6.07) is 21.6. The fourth-order valence-corrected chi connectivity index (χ4v) is 4.28. The average Bonchev–Trinajstić information content (AvgIpc) is 2.83. The predicted molar refractivity (Wildman–Crippen MR) is 120 cm³/mol. The molecule has 0 aromatic heterocycles. The van der Waals surface area contributed by atoms with Crippen LogP contribution in [0.2, 0.25) is 0 Å². The number of fused-ring (bicyclic) bond motifs is 2. The van der Waals surface area contributed by atoms with Crippen LogP contribution in [-0.2, 0) is 22.9 Å². The smallest absolute Gasteiger partial charge is 0.229 e. The Labute approximate surface area is 171 Å². The van der Waals surface area contributed by atoms with E-state index in [4.69, 9.17) is 5.73 Å². The van der Waals surface area contributed by atoms with Gasteiger partial charge in [-0.15, -0.1) is 5.73 Å². The molecule has 4 nitrogen and oxygen atoms in total. The summed E-state index contributed by atoms with van der Waals surface area (Å²) in [6.07, 6.45) is 4.84. The first kappa shape index (κ1) is 19.1. The number of nitrogens with one attached hydrogen (secondary N) is 1. The molecule has 1 aliphatic rings. The molecule has 0 saturated heterocycles. The monoisotopic (exact) mass is 402 g/mol. The molecule has 0 bridgehead atoms. The van der Waals surface area contributed by atoms with Crippen molar-refractivity contribution in [3.63, 3.8) is 0 Å². The number of nitrogen functional groups attached to an aromatic ring is 1. The molecular weight excluding hydrogens is 380 g/mol. The lowest BCUT2D eigenvalue weighted by Crippen LogP contribution is -2.09. The van der Waals surface area contributed by atoms with Gasteiger partial charge in [0.05, 0.1) is 6.26 Å². The van der Waals surface area contributed by atoms with E-state index in [9.17, 15) is 8.42 Å². The predicted octanol–water partition coefficient (Wildman–Crippen LogP) is 4.48. The summed E-state index contributed by atoms with van der Waals surface area (Å²) in [4.78, 5) is 0. The van der Waals surface area contributed by atoms with Crippen LogP contribution >= 0.6 is 0 Å². The first-order valence-corrected chi connectivity index (χ1v) is 11.3. The van der Waals surface area contributed by atoms with Crippen molar-refractivity contribution in [1.82, 2.24) is 0 Å². The van der Waals surface area contributed by atoms with E-state index in [0.717, 1.165) is 52.6 Å². The van der Waals surface area contributed by atoms with Gasteiger partial charge in [-0.2, -0.15) is 0 Å². The normalized spacial score (nSPS) is 12.9. The molecule has 0 saturated carbocycles. The zero-order valence-electron chi connectivity index (χ0n) is 16.1. The third kappa shape index (κ3) is 4.27. The van der Waals surface area contributed by atoms with Crippen LogP contribution in [0.15, 0.2) is 72.5 Å². The highest BCUT2D eigenvalue weighted by molar-refractivity contribution is 7.92. The molecule has 0 aliphatic heterocycles. The molecule has 0 amide bonds. The summed E-state index contributed by atoms with van der Waals surface area (Å²) < 4.78 is 25.5. The van der Waals surface area contributed by atoms with Crippen molar-refractivity contribution < 1.29 is 8.42 Å². The molecule has 0 fully saturated rings. The van der Waals surface area contributed by atoms with Crippen LogP contribution in [-0.4, -0.2) is 14.7 Å². The van der Waals surface area contributed by atoms with E-state index >= 15 is 0 Å². The van der Waals surface area contributed by atoms with Crippen molar-refractivity contribution >= 4 is 33.0 Å². The third-order valence-corrected chi connectivity index (χ3v) is 5.59. The number of hydrogen-bond donors (Lipinski definition) is 2. The van der Waals surface area contributed by atoms with Crippen molar-refractivity contribution in [3.8, 4) is 0 Å². The van der Waals surface area contributed by atoms with Gasteiger partial charge in [0.15, 0.2) is 0 Å². The molecule has 146 valence electrons. The van der Waals surface area contributed by atoms with Crippen LogP contribution in [0.5, 0.6) is 0 Å². The van der Waals surface area contributed by atoms with E-state index in [-0.39, 0.29) is 0 Å². The molecule has 1 aliphatic carbocycles. The minimum absolute atomic E-state index is 0.527. The molecule has 0 spiro atoms. The quantitative estimate of drug-likeness (QED) is 0.501. The lowest BCUT2D eigenvalue weighted by Gasteiger charge is -2.11. The van der Waals surface area contributed by atoms with Gasteiger partial charge in [-0.3, -0.25) is 4.72 Å². The average molecular weight is 403 g/mol. The highest BCUT2D eigenvalue weighted by Gasteiger charge is 2.19. The van der Waals surface area contributed by atoms with E-state index < -0.39 is 10.0 Å². The van der Waals surface area contributed by atoms with E-state index in [1.54, 1.807) is 12.1 Å². The molecule has 0 atom stereocenters. The number of nitrogens with two attached hydrogens (primary N) is 1. The zero-order chi connectivity index (χ0) is 20.4. The van der Waals surface area contributed by atoms with Crippen LogP contribution in [0.3, 0.4) is 0 Å². The topological polar surface area (TPSA) is 72.2 Å². The Kier molecular flexibility index (Phi) is 5.01. The second-order valence-corrected chi connectivity index (χ2v) is 8.94. The highest BCUT2D eigenvalue weighted by atomic mass is 32.2. The van der Waals surface area contributed by atoms with Gasteiger partial charge in [-0.25, -0.2) is 8.42 Å². The molecule has 5 heteroatoms. The second kappa shape index (κ2) is 7.63. The summed E-state index contributed by atoms with van der Waals surface area (Å²) in [5.74, 6) is 0. The van der Waals surface area contributed by atoms with Gasteiger partial charge >= 0.3 is 0 Å². The van der Waals surface area contributed by atoms with Crippen molar-refractivity contribution in [1.29, 1.82) is 0 Å². The van der Waals surface area contributed by atoms with Gasteiger partial charge in [-0.05, 0) is 64.9 Å². The molecular formula is C24H22N2O2S. The van der Waals surface area contributed by atoms with Crippen LogP contribution in [0.25, 0.3) is 11.6 Å². The molecule has 3 N–H and O–H groups in total. The maximum absolute atomic E-state index is 11.5. The van der Waals surface area contributed by atoms with E-state index in [1.165, 1.54) is 5.56 Å². The SMILES string of the molecule is CS(=O)(=O)Nc1cccc(C=C=C2c3ccccc3CCc3c(N)cccc32)c1. The van der Waals surface area contributed by atoms with E-state index in [0.29, 0.717) is 5.69 Å². The summed E-state index contributed by atoms with van der Waals surface area (Å²) in [5, 5.41) is 0. The Bertz CT molecular complexity index is 1250. The largest absolute Gasteiger partial charge is 0.398 e. The molecule has 0 radical (unpaired) electrons. The lowest BCUT2D eigenvalue weighted by molar-refractivity contribution is 0.607. The fraction of sp³-hybridized carbons (Fsp3) is 0.125. The Morgan fingerprint density at radius 1 is 0.966 bits per heavy atom. The fourth-order valence-electron chi connectivity index (χ4n) is 3.72. The summed E-state index contributed by atoms with van der Waals surface area (Å²) >= 11 is 0. The second-order valence-electron chi connectivity index (χ2n) is 7.19. The number of anilines is 2. The van der Waals surface area contributed by atoms with Crippen LogP contribution in [0.4, 0.5) is 11.4 Å². The van der Waals surface area contributed by atoms with Crippen molar-refractivity contribution in [2.45, 2.75) is 12.8 Å². The number of benzene rings is 3. The van der Waals surface area contributed by atoms with Gasteiger partial charge in [0.2, 0.25) is 10.0 Å². The lowest BCUT2D eigenvalue weighted by atomic mass is 9.94. The minimum atomic E-state index is -3.32. The Morgan fingerprint density at radius 3 is 2.55 bits per heavy atom. The van der Waals surface area contributed by atoms with Crippen LogP contribution in [0.1, 0.15) is 27.8 Å². The van der Waals surface area contributed by atoms with Gasteiger partial charge < -0.3 is 5.73 Å². The van der Waals surface area contributed by atoms with Gasteiger partial charge in [-0.1, -0.05) is 48.5 Å². The molecule has 3 aromatic carbocycles. The third-order valence-electron chi connectivity index (χ3n) is 4.99. The highest BCUT2D eigenvalue weighted by Crippen LogP contribution is 2.35. The minimum Gasteiger partial charge on any atom is -0.398 e. The van der Waals surface area contributed by atoms with E-state index in [2.05, 4.69) is 34.7 Å². The summed E-state index contributed by atoms with van der Waals surface area (Å²) in [7, 11) is -3.32. The van der Waals surface area contributed by atoms with E-state index in [1.807, 2.05) is 36.4 Å². The van der Waals surface area contributed by atoms with Gasteiger partial charge in [0.1, 0.15) is 0 Å². The Hall–Kier alpha value is -3.27. The Balaban J connectivity index is 1.87. The van der Waals surface area contributed by atoms with Crippen molar-refractivity contribution in [2.75, 3.05) is 16.7 Å². The first-order valence-electron chi connectivity index (χ1n) is 9.41. The molecule has 0 heterocycles. The maximum Gasteiger partial charge on any atom is 0.229 e. The first-order chi connectivity index (χ1) is 13.9. The molecule has 0 unspecified atom stereocenters. The number of rotatable bonds is 3. The number of aryl methyl sites for hydroxylation is 1. The van der Waals surface area contributed by atoms with Gasteiger partial charge in [0, 0.05) is 16.9 Å². The molecule has 3 aromatic rings. The maximum atomic E-state index is 11.5. The number of hydrogen-bond acceptors (Lipinski definition) is 3. The molecule has 29 heavy (non-hydrogen) atoms. The number of sulfonamides is 1. The molecule has 4 rings (SSSR count). The summed E-state index contributed by atoms with van der Waals surface area (Å²) in [6.45, 7) is 0. The van der Waals surface area contributed by atoms with Crippen molar-refractivity contribution in [2.24, 2.45) is 0 Å². The van der Waals surface area contributed by atoms with Gasteiger partial charge in [0.25, 0.3) is 0 Å².